The quantitative estimate of drug-likeness (QED) is 0.431. The standard InChI is InChI=1S/C28H30Cl2F2N4O3S/c1-25(2)22(23(37)33-18-11-28(31,32)12-18)34-24(35-25)26-14-27(15-26,16-26)36(13-17-8-9-20(29)21(30)10-17)40(38,39)19-6-4-3-5-7-19/h3-10,18,22H,11-16H2,1-2H3,(H,33,37)(H,34,35)/t22-,26?,27?/m0/s1. The van der Waals surface area contributed by atoms with E-state index in [0.29, 0.717) is 35.1 Å². The van der Waals surface area contributed by atoms with E-state index in [1.54, 1.807) is 52.8 Å². The molecular weight excluding hydrogens is 581 g/mol. The first-order chi connectivity index (χ1) is 18.6. The van der Waals surface area contributed by atoms with Crippen molar-refractivity contribution in [1.82, 2.24) is 14.9 Å². The summed E-state index contributed by atoms with van der Waals surface area (Å²) in [7, 11) is -3.85. The Labute approximate surface area is 242 Å². The highest BCUT2D eigenvalue weighted by Crippen LogP contribution is 2.71. The van der Waals surface area contributed by atoms with Crippen molar-refractivity contribution in [3.8, 4) is 0 Å². The molecule has 1 atom stereocenters. The van der Waals surface area contributed by atoms with E-state index in [1.807, 2.05) is 13.8 Å². The van der Waals surface area contributed by atoms with Crippen LogP contribution in [0.1, 0.15) is 51.5 Å². The molecule has 5 aliphatic rings. The summed E-state index contributed by atoms with van der Waals surface area (Å²) in [5.74, 6) is -2.38. The maximum absolute atomic E-state index is 13.9. The smallest absolute Gasteiger partial charge is 0.252 e. The zero-order chi connectivity index (χ0) is 28.7. The van der Waals surface area contributed by atoms with Gasteiger partial charge < -0.3 is 10.6 Å². The van der Waals surface area contributed by atoms with Crippen molar-refractivity contribution in [2.45, 2.75) is 86.5 Å². The van der Waals surface area contributed by atoms with E-state index in [-0.39, 0.29) is 35.6 Å². The van der Waals surface area contributed by atoms with Crippen LogP contribution in [0.2, 0.25) is 10.0 Å². The Morgan fingerprint density at radius 1 is 1.07 bits per heavy atom. The first-order valence-corrected chi connectivity index (χ1v) is 15.4. The van der Waals surface area contributed by atoms with E-state index in [1.165, 1.54) is 0 Å². The summed E-state index contributed by atoms with van der Waals surface area (Å²) >= 11 is 12.3. The molecule has 4 saturated carbocycles. The number of carbonyl (C=O) groups is 1. The molecule has 1 aliphatic heterocycles. The van der Waals surface area contributed by atoms with Crippen LogP contribution in [0.3, 0.4) is 0 Å². The second-order valence-electron chi connectivity index (χ2n) is 12.3. The molecule has 1 amide bonds. The van der Waals surface area contributed by atoms with Gasteiger partial charge in [0, 0.05) is 36.4 Å². The predicted molar refractivity (Wildman–Crippen MR) is 149 cm³/mol. The molecule has 4 aliphatic carbocycles. The zero-order valence-corrected chi connectivity index (χ0v) is 24.4. The molecule has 2 aromatic carbocycles. The van der Waals surface area contributed by atoms with Crippen LogP contribution < -0.4 is 10.6 Å². The molecule has 2 N–H and O–H groups in total. The Morgan fingerprint density at radius 3 is 2.33 bits per heavy atom. The Morgan fingerprint density at radius 2 is 1.73 bits per heavy atom. The molecule has 40 heavy (non-hydrogen) atoms. The largest absolute Gasteiger partial charge is 0.360 e. The molecule has 12 heteroatoms. The minimum atomic E-state index is -3.85. The van der Waals surface area contributed by atoms with Crippen LogP contribution in [-0.2, 0) is 21.4 Å². The highest BCUT2D eigenvalue weighted by atomic mass is 35.5. The number of aliphatic imine (C=N–C) groups is 1. The third-order valence-corrected chi connectivity index (χ3v) is 11.5. The van der Waals surface area contributed by atoms with Gasteiger partial charge in [-0.25, -0.2) is 17.2 Å². The second kappa shape index (κ2) is 9.11. The maximum Gasteiger partial charge on any atom is 0.252 e. The van der Waals surface area contributed by atoms with Crippen LogP contribution in [-0.4, -0.2) is 53.5 Å². The topological polar surface area (TPSA) is 90.9 Å². The van der Waals surface area contributed by atoms with Gasteiger partial charge in [0.15, 0.2) is 0 Å². The lowest BCUT2D eigenvalue weighted by molar-refractivity contribution is -0.151. The van der Waals surface area contributed by atoms with Gasteiger partial charge in [0.05, 0.1) is 20.5 Å². The Balaban J connectivity index is 1.21. The molecule has 7 rings (SSSR count). The summed E-state index contributed by atoms with van der Waals surface area (Å²) in [6.07, 6.45) is 0.961. The molecule has 0 aromatic heterocycles. The van der Waals surface area contributed by atoms with E-state index < -0.39 is 39.1 Å². The fraction of sp³-hybridized carbons (Fsp3) is 0.500. The highest BCUT2D eigenvalue weighted by Gasteiger charge is 2.75. The molecule has 214 valence electrons. The minimum absolute atomic E-state index is 0.132. The van der Waals surface area contributed by atoms with Gasteiger partial charge in [-0.05, 0) is 62.9 Å². The van der Waals surface area contributed by atoms with Gasteiger partial charge >= 0.3 is 0 Å². The summed E-state index contributed by atoms with van der Waals surface area (Å²) in [4.78, 5) is 18.0. The summed E-state index contributed by atoms with van der Waals surface area (Å²) in [6.45, 7) is 3.81. The minimum Gasteiger partial charge on any atom is -0.360 e. The number of benzene rings is 2. The molecule has 0 saturated heterocycles. The van der Waals surface area contributed by atoms with Crippen LogP contribution in [0.15, 0.2) is 58.4 Å². The number of hydrogen-bond acceptors (Lipinski definition) is 5. The lowest BCUT2D eigenvalue weighted by Crippen LogP contribution is -2.78. The fourth-order valence-electron chi connectivity index (χ4n) is 6.69. The number of hydrogen-bond donors (Lipinski definition) is 2. The normalized spacial score (nSPS) is 30.0. The van der Waals surface area contributed by atoms with Crippen LogP contribution in [0.5, 0.6) is 0 Å². The maximum atomic E-state index is 13.9. The van der Waals surface area contributed by atoms with Gasteiger partial charge in [-0.1, -0.05) is 47.5 Å². The third-order valence-electron chi connectivity index (χ3n) is 8.76. The van der Waals surface area contributed by atoms with Crippen molar-refractivity contribution in [1.29, 1.82) is 0 Å². The number of carbonyl (C=O) groups excluding carboxylic acids is 1. The van der Waals surface area contributed by atoms with Gasteiger partial charge in [-0.15, -0.1) is 0 Å². The average Bonchev–Trinajstić information content (AvgIpc) is 3.13. The highest BCUT2D eigenvalue weighted by molar-refractivity contribution is 7.89. The number of amidine groups is 1. The van der Waals surface area contributed by atoms with Gasteiger partial charge in [0.25, 0.3) is 5.92 Å². The fourth-order valence-corrected chi connectivity index (χ4v) is 8.78. The van der Waals surface area contributed by atoms with Crippen LogP contribution in [0.4, 0.5) is 8.78 Å². The second-order valence-corrected chi connectivity index (χ2v) is 14.9. The van der Waals surface area contributed by atoms with Crippen LogP contribution in [0, 0.1) is 5.41 Å². The van der Waals surface area contributed by atoms with Gasteiger partial charge in [0.1, 0.15) is 11.9 Å². The SMILES string of the molecule is CC1(C)N=C(C23CC(N(Cc4ccc(Cl)c(Cl)c4)S(=O)(=O)c4ccccc4)(C2)C3)N[C@H]1C(=O)NC1CC(F)(F)C1. The van der Waals surface area contributed by atoms with E-state index >= 15 is 0 Å². The molecule has 7 nitrogen and oxygen atoms in total. The number of halogens is 4. The van der Waals surface area contributed by atoms with E-state index in [4.69, 9.17) is 28.2 Å². The molecule has 0 spiro atoms. The summed E-state index contributed by atoms with van der Waals surface area (Å²) in [6, 6.07) is 12.2. The van der Waals surface area contributed by atoms with Crippen LogP contribution in [0.25, 0.3) is 0 Å². The van der Waals surface area contributed by atoms with Crippen molar-refractivity contribution < 1.29 is 22.0 Å². The summed E-state index contributed by atoms with van der Waals surface area (Å²) in [5.41, 5.74) is -1.02. The number of nitrogens with zero attached hydrogens (tertiary/aromatic N) is 2. The monoisotopic (exact) mass is 610 g/mol. The van der Waals surface area contributed by atoms with Crippen molar-refractivity contribution in [3.63, 3.8) is 0 Å². The number of nitrogens with one attached hydrogen (secondary N) is 2. The molecular formula is C28H30Cl2F2N4O3S. The van der Waals surface area contributed by atoms with Crippen LogP contribution >= 0.6 is 23.2 Å². The Bertz CT molecular complexity index is 1490. The lowest BCUT2D eigenvalue weighted by atomic mass is 9.38. The predicted octanol–water partition coefficient (Wildman–Crippen LogP) is 5.17. The average molecular weight is 612 g/mol. The number of sulfonamides is 1. The summed E-state index contributed by atoms with van der Waals surface area (Å²) < 4.78 is 55.9. The molecule has 0 radical (unpaired) electrons. The van der Waals surface area contributed by atoms with E-state index in [9.17, 15) is 22.0 Å². The molecule has 4 fully saturated rings. The van der Waals surface area contributed by atoms with Gasteiger partial charge in [-0.2, -0.15) is 4.31 Å². The number of rotatable bonds is 8. The number of alkyl halides is 2. The van der Waals surface area contributed by atoms with Crippen molar-refractivity contribution >= 4 is 45.0 Å². The third kappa shape index (κ3) is 4.51. The zero-order valence-electron chi connectivity index (χ0n) is 22.1. The van der Waals surface area contributed by atoms with Gasteiger partial charge in [-0.3, -0.25) is 9.79 Å². The molecule has 0 unspecified atom stereocenters. The lowest BCUT2D eigenvalue weighted by Gasteiger charge is -2.72. The molecule has 2 bridgehead atoms. The van der Waals surface area contributed by atoms with E-state index in [0.717, 1.165) is 5.56 Å². The Hall–Kier alpha value is -2.27. The first kappa shape index (κ1) is 27.9. The van der Waals surface area contributed by atoms with Crippen molar-refractivity contribution in [3.05, 3.63) is 64.1 Å². The van der Waals surface area contributed by atoms with Gasteiger partial charge in [0.2, 0.25) is 15.9 Å². The van der Waals surface area contributed by atoms with Crippen molar-refractivity contribution in [2.75, 3.05) is 0 Å². The van der Waals surface area contributed by atoms with Crippen molar-refractivity contribution in [2.24, 2.45) is 10.4 Å². The van der Waals surface area contributed by atoms with E-state index in [2.05, 4.69) is 10.6 Å². The Kier molecular flexibility index (Phi) is 6.35. The number of amides is 1. The molecule has 1 heterocycles. The summed E-state index contributed by atoms with van der Waals surface area (Å²) in [5, 5.41) is 6.75. The first-order valence-electron chi connectivity index (χ1n) is 13.2. The molecule has 2 aromatic rings.